The van der Waals surface area contributed by atoms with Crippen molar-refractivity contribution < 1.29 is 20.1 Å². The van der Waals surface area contributed by atoms with Gasteiger partial charge in [-0.2, -0.15) is 0 Å². The number of rotatable bonds is 7. The molecule has 0 spiro atoms. The Morgan fingerprint density at radius 1 is 1.23 bits per heavy atom. The van der Waals surface area contributed by atoms with Crippen molar-refractivity contribution in [2.75, 3.05) is 13.6 Å². The number of aromatic hydroxyl groups is 1. The third-order valence-electron chi connectivity index (χ3n) is 9.45. The van der Waals surface area contributed by atoms with Crippen LogP contribution in [0.25, 0.3) is 0 Å². The Bertz CT molecular complexity index is 980. The van der Waals surface area contributed by atoms with E-state index >= 15 is 0 Å². The zero-order valence-corrected chi connectivity index (χ0v) is 21.7. The van der Waals surface area contributed by atoms with E-state index in [4.69, 9.17) is 0 Å². The number of amides is 1. The van der Waals surface area contributed by atoms with Crippen molar-refractivity contribution in [2.45, 2.75) is 102 Å². The summed E-state index contributed by atoms with van der Waals surface area (Å²) in [5.74, 6) is 7.99. The van der Waals surface area contributed by atoms with E-state index in [0.717, 1.165) is 51.5 Å². The summed E-state index contributed by atoms with van der Waals surface area (Å²) in [7, 11) is 1.84. The third kappa shape index (κ3) is 5.11. The molecule has 1 aromatic rings. The number of aliphatic hydroxyl groups is 2. The average Bonchev–Trinajstić information content (AvgIpc) is 3.11. The molecule has 35 heavy (non-hydrogen) atoms. The van der Waals surface area contributed by atoms with Gasteiger partial charge in [-0.05, 0) is 98.8 Å². The van der Waals surface area contributed by atoms with Gasteiger partial charge in [0.05, 0.1) is 0 Å². The molecule has 4 rings (SSSR count). The fourth-order valence-electron chi connectivity index (χ4n) is 7.22. The molecule has 3 aliphatic carbocycles. The Morgan fingerprint density at radius 2 is 2.03 bits per heavy atom. The molecule has 0 heterocycles. The zero-order chi connectivity index (χ0) is 25.2. The van der Waals surface area contributed by atoms with Crippen molar-refractivity contribution in [1.29, 1.82) is 0 Å². The van der Waals surface area contributed by atoms with Crippen LogP contribution in [-0.4, -0.2) is 51.4 Å². The number of aliphatic hydroxyl groups excluding tert-OH is 1. The highest BCUT2D eigenvalue weighted by atomic mass is 16.3. The summed E-state index contributed by atoms with van der Waals surface area (Å²) in [6.07, 6.45) is 8.35. The van der Waals surface area contributed by atoms with Gasteiger partial charge in [0.15, 0.2) is 0 Å². The molecule has 192 valence electrons. The molecular weight excluding hydrogens is 438 g/mol. The number of carbonyl (C=O) groups is 1. The normalized spacial score (nSPS) is 32.0. The monoisotopic (exact) mass is 481 g/mol. The fraction of sp³-hybridized carbons (Fsp3) is 0.700. The van der Waals surface area contributed by atoms with E-state index in [1.54, 1.807) is 4.90 Å². The maximum absolute atomic E-state index is 12.2. The Kier molecular flexibility index (Phi) is 7.83. The van der Waals surface area contributed by atoms with Gasteiger partial charge in [-0.1, -0.05) is 38.2 Å². The van der Waals surface area contributed by atoms with E-state index in [1.807, 2.05) is 19.2 Å². The maximum atomic E-state index is 12.2. The topological polar surface area (TPSA) is 81.0 Å². The predicted octanol–water partition coefficient (Wildman–Crippen LogP) is 4.77. The van der Waals surface area contributed by atoms with E-state index in [1.165, 1.54) is 11.1 Å². The van der Waals surface area contributed by atoms with Crippen LogP contribution in [0, 0.1) is 29.1 Å². The summed E-state index contributed by atoms with van der Waals surface area (Å²) in [4.78, 5) is 14.0. The lowest BCUT2D eigenvalue weighted by atomic mass is 9.53. The largest absolute Gasteiger partial charge is 0.508 e. The lowest BCUT2D eigenvalue weighted by Gasteiger charge is -2.52. The number of carbonyl (C=O) groups excluding carboxylic acids is 1. The second-order valence-corrected chi connectivity index (χ2v) is 11.5. The lowest BCUT2D eigenvalue weighted by molar-refractivity contribution is -0.130. The number of hydrogen-bond acceptors (Lipinski definition) is 4. The Labute approximate surface area is 210 Å². The molecule has 0 saturated heterocycles. The number of benzene rings is 1. The minimum atomic E-state index is -1.07. The first-order chi connectivity index (χ1) is 16.7. The van der Waals surface area contributed by atoms with Gasteiger partial charge in [-0.15, -0.1) is 0 Å². The van der Waals surface area contributed by atoms with Crippen LogP contribution in [0.5, 0.6) is 5.75 Å². The molecule has 1 amide bonds. The maximum Gasteiger partial charge on any atom is 0.222 e. The van der Waals surface area contributed by atoms with Gasteiger partial charge in [0.25, 0.3) is 0 Å². The lowest BCUT2D eigenvalue weighted by Crippen LogP contribution is -2.50. The summed E-state index contributed by atoms with van der Waals surface area (Å²) in [6.45, 7) is 5.10. The molecule has 1 aromatic carbocycles. The van der Waals surface area contributed by atoms with Crippen molar-refractivity contribution in [1.82, 2.24) is 4.90 Å². The van der Waals surface area contributed by atoms with E-state index in [0.29, 0.717) is 49.2 Å². The first kappa shape index (κ1) is 26.0. The van der Waals surface area contributed by atoms with Crippen LogP contribution in [0.3, 0.4) is 0 Å². The zero-order valence-electron chi connectivity index (χ0n) is 21.7. The van der Waals surface area contributed by atoms with Gasteiger partial charge < -0.3 is 20.2 Å². The van der Waals surface area contributed by atoms with Crippen LogP contribution < -0.4 is 0 Å². The molecule has 3 aliphatic rings. The highest BCUT2D eigenvalue weighted by Crippen LogP contribution is 2.64. The van der Waals surface area contributed by atoms with Crippen molar-refractivity contribution in [3.63, 3.8) is 0 Å². The minimum Gasteiger partial charge on any atom is -0.508 e. The highest BCUT2D eigenvalue weighted by Gasteiger charge is 2.61. The first-order valence-electron chi connectivity index (χ1n) is 13.7. The molecule has 0 bridgehead atoms. The number of phenolic OH excluding ortho intramolecular Hbond substituents is 1. The SMILES string of the molecule is CCCCN(C)C(=O)CCCC(O)C#C[C@]1(O)CC[C@H]2[C@@H]3CCc4cc(O)ccc4[C@H]3CC[C@@]21C. The first-order valence-corrected chi connectivity index (χ1v) is 13.7. The van der Waals surface area contributed by atoms with Crippen LogP contribution in [0.1, 0.15) is 95.1 Å². The molecule has 1 unspecified atom stereocenters. The van der Waals surface area contributed by atoms with Crippen molar-refractivity contribution >= 4 is 5.91 Å². The number of hydrogen-bond donors (Lipinski definition) is 3. The molecule has 2 fully saturated rings. The summed E-state index contributed by atoms with van der Waals surface area (Å²) in [5.41, 5.74) is 1.32. The molecule has 2 saturated carbocycles. The van der Waals surface area contributed by atoms with Gasteiger partial charge in [0, 0.05) is 25.4 Å². The van der Waals surface area contributed by atoms with E-state index < -0.39 is 11.7 Å². The van der Waals surface area contributed by atoms with Gasteiger partial charge in [0.2, 0.25) is 5.91 Å². The number of nitrogens with zero attached hydrogens (tertiary/aromatic N) is 1. The van der Waals surface area contributed by atoms with Crippen LogP contribution in [0.2, 0.25) is 0 Å². The predicted molar refractivity (Wildman–Crippen MR) is 138 cm³/mol. The number of aryl methyl sites for hydroxylation is 1. The standard InChI is InChI=1S/C30H43NO4/c1-4-5-19-31(3)28(34)8-6-7-22(32)13-17-30(35)18-15-27-26-11-9-21-20-23(33)10-12-24(21)25(26)14-16-29(27,30)2/h10,12,20,22,25-27,32-33,35H,4-9,11,14-16,18-19H2,1-3H3/t22?,25-,26-,27+,29+,30+/m1/s1. The highest BCUT2D eigenvalue weighted by molar-refractivity contribution is 5.75. The van der Waals surface area contributed by atoms with Gasteiger partial charge >= 0.3 is 0 Å². The van der Waals surface area contributed by atoms with Gasteiger partial charge in [-0.3, -0.25) is 4.79 Å². The Hall–Kier alpha value is -2.03. The van der Waals surface area contributed by atoms with Crippen LogP contribution in [-0.2, 0) is 11.2 Å². The molecule has 3 N–H and O–H groups in total. The molecule has 5 heteroatoms. The molecule has 5 nitrogen and oxygen atoms in total. The summed E-state index contributed by atoms with van der Waals surface area (Å²) in [6, 6.07) is 5.84. The van der Waals surface area contributed by atoms with E-state index in [2.05, 4.69) is 31.8 Å². The van der Waals surface area contributed by atoms with Crippen molar-refractivity contribution in [2.24, 2.45) is 17.3 Å². The van der Waals surface area contributed by atoms with Crippen LogP contribution in [0.4, 0.5) is 0 Å². The molecule has 6 atom stereocenters. The molecule has 0 aromatic heterocycles. The molecule has 0 radical (unpaired) electrons. The Balaban J connectivity index is 1.37. The molecule has 0 aliphatic heterocycles. The molecular formula is C30H43NO4. The van der Waals surface area contributed by atoms with E-state index in [9.17, 15) is 20.1 Å². The number of phenols is 1. The van der Waals surface area contributed by atoms with Crippen LogP contribution >= 0.6 is 0 Å². The average molecular weight is 482 g/mol. The summed E-state index contributed by atoms with van der Waals surface area (Å²) < 4.78 is 0. The van der Waals surface area contributed by atoms with Gasteiger partial charge in [-0.25, -0.2) is 0 Å². The second kappa shape index (κ2) is 10.5. The number of unbranched alkanes of at least 4 members (excludes halogenated alkanes) is 1. The van der Waals surface area contributed by atoms with Crippen molar-refractivity contribution in [3.8, 4) is 17.6 Å². The summed E-state index contributed by atoms with van der Waals surface area (Å²) in [5, 5.41) is 32.1. The number of fused-ring (bicyclic) bond motifs is 5. The minimum absolute atomic E-state index is 0.115. The van der Waals surface area contributed by atoms with Gasteiger partial charge in [0.1, 0.15) is 17.5 Å². The second-order valence-electron chi connectivity index (χ2n) is 11.5. The van der Waals surface area contributed by atoms with Crippen LogP contribution in [0.15, 0.2) is 18.2 Å². The summed E-state index contributed by atoms with van der Waals surface area (Å²) >= 11 is 0. The van der Waals surface area contributed by atoms with E-state index in [-0.39, 0.29) is 11.3 Å². The third-order valence-corrected chi connectivity index (χ3v) is 9.45. The Morgan fingerprint density at radius 3 is 2.80 bits per heavy atom. The van der Waals surface area contributed by atoms with Crippen molar-refractivity contribution in [3.05, 3.63) is 29.3 Å². The quantitative estimate of drug-likeness (QED) is 0.490. The smallest absolute Gasteiger partial charge is 0.222 e. The fourth-order valence-corrected chi connectivity index (χ4v) is 7.22.